The van der Waals surface area contributed by atoms with Crippen LogP contribution in [0.3, 0.4) is 0 Å². The standard InChI is InChI=1S/C12H8F8O2/c1-6(7-4-2-3-5-8(7)13)22-9(21)10(14,15)11(16,17)12(18,19)20/h2-6H,1H3. The minimum Gasteiger partial charge on any atom is -0.453 e. The van der Waals surface area contributed by atoms with E-state index in [1.54, 1.807) is 0 Å². The zero-order valence-electron chi connectivity index (χ0n) is 10.7. The highest BCUT2D eigenvalue weighted by molar-refractivity contribution is 5.79. The van der Waals surface area contributed by atoms with Crippen LogP contribution in [0.1, 0.15) is 18.6 Å². The van der Waals surface area contributed by atoms with Crippen LogP contribution < -0.4 is 0 Å². The molecule has 1 rings (SSSR count). The monoisotopic (exact) mass is 336 g/mol. The molecule has 0 saturated heterocycles. The van der Waals surface area contributed by atoms with Gasteiger partial charge >= 0.3 is 24.0 Å². The molecule has 0 aliphatic heterocycles. The van der Waals surface area contributed by atoms with Crippen LogP contribution in [-0.4, -0.2) is 24.0 Å². The van der Waals surface area contributed by atoms with E-state index in [4.69, 9.17) is 0 Å². The molecule has 1 aromatic carbocycles. The van der Waals surface area contributed by atoms with Gasteiger partial charge in [0.1, 0.15) is 11.9 Å². The maximum atomic E-state index is 13.3. The zero-order valence-corrected chi connectivity index (χ0v) is 10.7. The first-order chi connectivity index (χ1) is 9.82. The van der Waals surface area contributed by atoms with Crippen molar-refractivity contribution in [3.8, 4) is 0 Å². The summed E-state index contributed by atoms with van der Waals surface area (Å²) in [6, 6.07) is 4.29. The minimum atomic E-state index is -6.66. The van der Waals surface area contributed by atoms with Gasteiger partial charge in [0.05, 0.1) is 0 Å². The van der Waals surface area contributed by atoms with E-state index < -0.39 is 41.5 Å². The molecule has 0 fully saturated rings. The summed E-state index contributed by atoms with van der Waals surface area (Å²) in [5, 5.41) is 0. The number of alkyl halides is 7. The van der Waals surface area contributed by atoms with Crippen LogP contribution in [0, 0.1) is 5.82 Å². The topological polar surface area (TPSA) is 26.3 Å². The lowest BCUT2D eigenvalue weighted by molar-refractivity contribution is -0.349. The molecule has 0 spiro atoms. The molecule has 0 amide bonds. The van der Waals surface area contributed by atoms with Crippen molar-refractivity contribution >= 4 is 5.97 Å². The average Bonchev–Trinajstić information content (AvgIpc) is 2.37. The molecule has 0 saturated carbocycles. The Morgan fingerprint density at radius 3 is 2.00 bits per heavy atom. The minimum absolute atomic E-state index is 0.457. The summed E-state index contributed by atoms with van der Waals surface area (Å²) in [7, 11) is 0. The van der Waals surface area contributed by atoms with Gasteiger partial charge in [0.15, 0.2) is 0 Å². The molecule has 10 heteroatoms. The van der Waals surface area contributed by atoms with Gasteiger partial charge in [0.25, 0.3) is 0 Å². The van der Waals surface area contributed by atoms with E-state index in [1.165, 1.54) is 12.1 Å². The van der Waals surface area contributed by atoms with Crippen molar-refractivity contribution in [2.45, 2.75) is 31.0 Å². The largest absolute Gasteiger partial charge is 0.460 e. The third kappa shape index (κ3) is 3.14. The Kier molecular flexibility index (Phi) is 4.73. The van der Waals surface area contributed by atoms with Gasteiger partial charge in [-0.05, 0) is 13.0 Å². The van der Waals surface area contributed by atoms with Crippen molar-refractivity contribution in [3.63, 3.8) is 0 Å². The molecule has 124 valence electrons. The Morgan fingerprint density at radius 2 is 1.55 bits per heavy atom. The summed E-state index contributed by atoms with van der Waals surface area (Å²) in [5.41, 5.74) is -0.457. The van der Waals surface area contributed by atoms with Gasteiger partial charge in [-0.1, -0.05) is 18.2 Å². The second kappa shape index (κ2) is 5.73. The van der Waals surface area contributed by atoms with Crippen molar-refractivity contribution in [1.82, 2.24) is 0 Å². The second-order valence-corrected chi connectivity index (χ2v) is 4.22. The number of benzene rings is 1. The molecule has 0 bridgehead atoms. The second-order valence-electron chi connectivity index (χ2n) is 4.22. The fourth-order valence-corrected chi connectivity index (χ4v) is 1.41. The molecular weight excluding hydrogens is 328 g/mol. The van der Waals surface area contributed by atoms with Gasteiger partial charge < -0.3 is 4.74 Å². The number of carbonyl (C=O) groups is 1. The van der Waals surface area contributed by atoms with Crippen LogP contribution in [0.15, 0.2) is 24.3 Å². The Labute approximate surface area is 118 Å². The van der Waals surface area contributed by atoms with Crippen LogP contribution in [0.4, 0.5) is 35.1 Å². The smallest absolute Gasteiger partial charge is 0.453 e. The van der Waals surface area contributed by atoms with E-state index in [9.17, 15) is 39.9 Å². The first kappa shape index (κ1) is 18.2. The maximum absolute atomic E-state index is 13.3. The predicted molar refractivity (Wildman–Crippen MR) is 56.9 cm³/mol. The Balaban J connectivity index is 2.99. The third-order valence-electron chi connectivity index (χ3n) is 2.63. The summed E-state index contributed by atoms with van der Waals surface area (Å²) in [6.45, 7) is 0.845. The maximum Gasteiger partial charge on any atom is 0.460 e. The molecule has 1 aromatic rings. The lowest BCUT2D eigenvalue weighted by Gasteiger charge is -2.27. The normalized spacial score (nSPS) is 14.6. The van der Waals surface area contributed by atoms with Gasteiger partial charge in [0, 0.05) is 5.56 Å². The quantitative estimate of drug-likeness (QED) is 0.607. The van der Waals surface area contributed by atoms with Crippen LogP contribution in [-0.2, 0) is 9.53 Å². The van der Waals surface area contributed by atoms with E-state index in [2.05, 4.69) is 4.74 Å². The number of esters is 1. The molecule has 0 radical (unpaired) electrons. The molecule has 0 aliphatic carbocycles. The fraction of sp³-hybridized carbons (Fsp3) is 0.417. The van der Waals surface area contributed by atoms with E-state index in [1.807, 2.05) is 0 Å². The summed E-state index contributed by atoms with van der Waals surface area (Å²) in [6.07, 6.45) is -8.44. The molecular formula is C12H8F8O2. The number of rotatable bonds is 4. The van der Waals surface area contributed by atoms with Crippen molar-refractivity contribution < 1.29 is 44.7 Å². The van der Waals surface area contributed by atoms with Crippen molar-refractivity contribution in [3.05, 3.63) is 35.6 Å². The van der Waals surface area contributed by atoms with Crippen molar-refractivity contribution in [2.75, 3.05) is 0 Å². The van der Waals surface area contributed by atoms with Gasteiger partial charge in [0.2, 0.25) is 0 Å². The summed E-state index contributed by atoms with van der Waals surface area (Å²) >= 11 is 0. The van der Waals surface area contributed by atoms with Gasteiger partial charge in [-0.3, -0.25) is 0 Å². The van der Waals surface area contributed by atoms with Gasteiger partial charge in [-0.15, -0.1) is 0 Å². The number of ether oxygens (including phenoxy) is 1. The lowest BCUT2D eigenvalue weighted by Crippen LogP contribution is -2.56. The molecule has 0 N–H and O–H groups in total. The zero-order chi connectivity index (χ0) is 17.3. The first-order valence-electron chi connectivity index (χ1n) is 5.60. The fourth-order valence-electron chi connectivity index (χ4n) is 1.41. The number of halogens is 8. The summed E-state index contributed by atoms with van der Waals surface area (Å²) < 4.78 is 104. The molecule has 0 aliphatic rings. The average molecular weight is 336 g/mol. The third-order valence-corrected chi connectivity index (χ3v) is 2.63. The molecule has 0 aromatic heterocycles. The van der Waals surface area contributed by atoms with Crippen LogP contribution in [0.25, 0.3) is 0 Å². The SMILES string of the molecule is CC(OC(=O)C(F)(F)C(F)(F)C(F)(F)F)c1ccccc1F. The number of hydrogen-bond acceptors (Lipinski definition) is 2. The van der Waals surface area contributed by atoms with Crippen molar-refractivity contribution in [1.29, 1.82) is 0 Å². The molecule has 22 heavy (non-hydrogen) atoms. The highest BCUT2D eigenvalue weighted by atomic mass is 19.4. The molecule has 1 atom stereocenters. The van der Waals surface area contributed by atoms with Gasteiger partial charge in [-0.2, -0.15) is 30.7 Å². The molecule has 1 unspecified atom stereocenters. The van der Waals surface area contributed by atoms with Crippen LogP contribution in [0.2, 0.25) is 0 Å². The predicted octanol–water partition coefficient (Wildman–Crippen LogP) is 4.26. The number of hydrogen-bond donors (Lipinski definition) is 0. The van der Waals surface area contributed by atoms with E-state index in [-0.39, 0.29) is 0 Å². The van der Waals surface area contributed by atoms with E-state index in [0.717, 1.165) is 19.1 Å². The Morgan fingerprint density at radius 1 is 1.05 bits per heavy atom. The van der Waals surface area contributed by atoms with E-state index >= 15 is 0 Å². The summed E-state index contributed by atoms with van der Waals surface area (Å²) in [5.74, 6) is -16.9. The van der Waals surface area contributed by atoms with Crippen molar-refractivity contribution in [2.24, 2.45) is 0 Å². The highest BCUT2D eigenvalue weighted by Crippen LogP contribution is 2.47. The lowest BCUT2D eigenvalue weighted by atomic mass is 10.1. The summed E-state index contributed by atoms with van der Waals surface area (Å²) in [4.78, 5) is 11.0. The molecule has 0 heterocycles. The Bertz CT molecular complexity index is 552. The highest BCUT2D eigenvalue weighted by Gasteiger charge is 2.77. The van der Waals surface area contributed by atoms with Crippen LogP contribution in [0.5, 0.6) is 0 Å². The van der Waals surface area contributed by atoms with Gasteiger partial charge in [-0.25, -0.2) is 9.18 Å². The first-order valence-corrected chi connectivity index (χ1v) is 5.60. The van der Waals surface area contributed by atoms with E-state index in [0.29, 0.717) is 0 Å². The molecule has 2 nitrogen and oxygen atoms in total. The Hall–Kier alpha value is -1.87. The number of carbonyl (C=O) groups excluding carboxylic acids is 1. The van der Waals surface area contributed by atoms with Crippen LogP contribution >= 0.6 is 0 Å².